The molecule has 144 valence electrons. The van der Waals surface area contributed by atoms with Gasteiger partial charge in [-0.3, -0.25) is 0 Å². The topological polar surface area (TPSA) is 50.8 Å². The largest absolute Gasteiger partial charge is 0.497 e. The van der Waals surface area contributed by atoms with Gasteiger partial charge in [-0.15, -0.1) is 0 Å². The van der Waals surface area contributed by atoms with E-state index in [0.717, 1.165) is 24.2 Å². The molecule has 1 unspecified atom stereocenters. The highest BCUT2D eigenvalue weighted by molar-refractivity contribution is 5.75. The molecule has 0 radical (unpaired) electrons. The molecule has 0 aliphatic carbocycles. The predicted octanol–water partition coefficient (Wildman–Crippen LogP) is 4.06. The van der Waals surface area contributed by atoms with E-state index in [1.54, 1.807) is 18.1 Å². The Labute approximate surface area is 159 Å². The van der Waals surface area contributed by atoms with Gasteiger partial charge in [0, 0.05) is 18.7 Å². The summed E-state index contributed by atoms with van der Waals surface area (Å²) in [5.41, 5.74) is 2.95. The van der Waals surface area contributed by atoms with Gasteiger partial charge in [-0.25, -0.2) is 9.18 Å². The molecule has 2 aromatic rings. The molecule has 6 heteroatoms. The molecule has 1 aliphatic rings. The zero-order chi connectivity index (χ0) is 19.4. The molecule has 1 N–H and O–H groups in total. The maximum absolute atomic E-state index is 13.6. The maximum atomic E-state index is 13.6. The third kappa shape index (κ3) is 4.32. The van der Waals surface area contributed by atoms with Crippen molar-refractivity contribution in [1.29, 1.82) is 0 Å². The van der Waals surface area contributed by atoms with Crippen molar-refractivity contribution in [2.45, 2.75) is 32.4 Å². The molecule has 2 aromatic carbocycles. The lowest BCUT2D eigenvalue weighted by atomic mass is 10.0. The molecule has 0 saturated carbocycles. The number of rotatable bonds is 4. The number of aryl methyl sites for hydroxylation is 1. The van der Waals surface area contributed by atoms with Crippen LogP contribution < -0.4 is 14.8 Å². The van der Waals surface area contributed by atoms with Gasteiger partial charge in [-0.05, 0) is 61.2 Å². The molecule has 0 fully saturated rings. The Morgan fingerprint density at radius 1 is 1.15 bits per heavy atom. The molecular weight excluding hydrogens is 347 g/mol. The minimum atomic E-state index is -0.373. The molecule has 27 heavy (non-hydrogen) atoms. The number of amides is 2. The van der Waals surface area contributed by atoms with E-state index in [9.17, 15) is 9.18 Å². The van der Waals surface area contributed by atoms with E-state index in [1.807, 2.05) is 25.1 Å². The predicted molar refractivity (Wildman–Crippen MR) is 102 cm³/mol. The van der Waals surface area contributed by atoms with Crippen LogP contribution in [0.25, 0.3) is 0 Å². The van der Waals surface area contributed by atoms with Crippen molar-refractivity contribution >= 4 is 6.03 Å². The van der Waals surface area contributed by atoms with Crippen LogP contribution in [0.2, 0.25) is 0 Å². The fourth-order valence-electron chi connectivity index (χ4n) is 3.43. The summed E-state index contributed by atoms with van der Waals surface area (Å²) < 4.78 is 24.2. The lowest BCUT2D eigenvalue weighted by Gasteiger charge is -2.25. The number of nitrogens with zero attached hydrogens (tertiary/aromatic N) is 1. The third-order valence-corrected chi connectivity index (χ3v) is 4.93. The average Bonchev–Trinajstić information content (AvgIpc) is 2.89. The first-order chi connectivity index (χ1) is 13.0. The second kappa shape index (κ2) is 8.29. The second-order valence-corrected chi connectivity index (χ2v) is 6.72. The highest BCUT2D eigenvalue weighted by atomic mass is 19.1. The molecule has 5 nitrogen and oxygen atoms in total. The van der Waals surface area contributed by atoms with E-state index < -0.39 is 0 Å². The normalized spacial score (nSPS) is 14.7. The Morgan fingerprint density at radius 3 is 2.70 bits per heavy atom. The first-order valence-electron chi connectivity index (χ1n) is 9.06. The second-order valence-electron chi connectivity index (χ2n) is 6.72. The van der Waals surface area contributed by atoms with Crippen molar-refractivity contribution in [1.82, 2.24) is 10.2 Å². The standard InChI is InChI=1S/C21H25FN2O3/c1-14(19-12-17(22)7-9-20(19)27-3)23-21(25)24-10-4-5-15-11-18(26-2)8-6-16(15)13-24/h6-9,11-12,14H,4-5,10,13H2,1-3H3,(H,23,25). The quantitative estimate of drug-likeness (QED) is 0.880. The van der Waals surface area contributed by atoms with Crippen molar-refractivity contribution in [3.05, 3.63) is 58.9 Å². The Balaban J connectivity index is 1.73. The van der Waals surface area contributed by atoms with Crippen LogP contribution in [0.3, 0.4) is 0 Å². The summed E-state index contributed by atoms with van der Waals surface area (Å²) in [7, 11) is 3.19. The fraction of sp³-hybridized carbons (Fsp3) is 0.381. The lowest BCUT2D eigenvalue weighted by molar-refractivity contribution is 0.192. The number of carbonyl (C=O) groups excluding carboxylic acids is 1. The maximum Gasteiger partial charge on any atom is 0.318 e. The summed E-state index contributed by atoms with van der Waals surface area (Å²) in [4.78, 5) is 14.6. The first-order valence-corrected chi connectivity index (χ1v) is 9.06. The van der Waals surface area contributed by atoms with Gasteiger partial charge >= 0.3 is 6.03 Å². The summed E-state index contributed by atoms with van der Waals surface area (Å²) in [5, 5.41) is 2.96. The molecule has 0 bridgehead atoms. The number of halogens is 1. The number of fused-ring (bicyclic) bond motifs is 1. The van der Waals surface area contributed by atoms with E-state index in [1.165, 1.54) is 24.8 Å². The van der Waals surface area contributed by atoms with Gasteiger partial charge in [0.05, 0.1) is 20.3 Å². The molecule has 1 aliphatic heterocycles. The highest BCUT2D eigenvalue weighted by Gasteiger charge is 2.22. The molecule has 0 spiro atoms. The van der Waals surface area contributed by atoms with Crippen LogP contribution in [0.15, 0.2) is 36.4 Å². The van der Waals surface area contributed by atoms with E-state index in [0.29, 0.717) is 24.4 Å². The monoisotopic (exact) mass is 372 g/mol. The fourth-order valence-corrected chi connectivity index (χ4v) is 3.43. The van der Waals surface area contributed by atoms with Gasteiger partial charge < -0.3 is 19.7 Å². The molecule has 1 atom stereocenters. The van der Waals surface area contributed by atoms with Gasteiger partial charge in [-0.2, -0.15) is 0 Å². The number of nitrogens with one attached hydrogen (secondary N) is 1. The summed E-state index contributed by atoms with van der Waals surface area (Å²) in [6.07, 6.45) is 1.79. The number of ether oxygens (including phenoxy) is 2. The number of carbonyl (C=O) groups is 1. The smallest absolute Gasteiger partial charge is 0.318 e. The van der Waals surface area contributed by atoms with E-state index in [2.05, 4.69) is 5.32 Å². The van der Waals surface area contributed by atoms with E-state index in [4.69, 9.17) is 9.47 Å². The van der Waals surface area contributed by atoms with Gasteiger partial charge in [0.2, 0.25) is 0 Å². The van der Waals surface area contributed by atoms with Crippen LogP contribution >= 0.6 is 0 Å². The molecule has 0 aromatic heterocycles. The molecular formula is C21H25FN2O3. The number of hydrogen-bond acceptors (Lipinski definition) is 3. The molecule has 1 heterocycles. The van der Waals surface area contributed by atoms with Crippen LogP contribution in [-0.4, -0.2) is 31.7 Å². The van der Waals surface area contributed by atoms with Crippen LogP contribution in [-0.2, 0) is 13.0 Å². The Kier molecular flexibility index (Phi) is 5.84. The van der Waals surface area contributed by atoms with Crippen molar-refractivity contribution in [3.63, 3.8) is 0 Å². The number of hydrogen-bond donors (Lipinski definition) is 1. The van der Waals surface area contributed by atoms with Crippen LogP contribution in [0.4, 0.5) is 9.18 Å². The Bertz CT molecular complexity index is 825. The molecule has 2 amide bonds. The Hall–Kier alpha value is -2.76. The van der Waals surface area contributed by atoms with E-state index in [-0.39, 0.29) is 17.9 Å². The summed E-state index contributed by atoms with van der Waals surface area (Å²) in [5.74, 6) is 1.03. The van der Waals surface area contributed by atoms with Gasteiger partial charge in [0.25, 0.3) is 0 Å². The SMILES string of the molecule is COc1ccc2c(c1)CCCN(C(=O)NC(C)c1cc(F)ccc1OC)C2. The zero-order valence-corrected chi connectivity index (χ0v) is 15.9. The van der Waals surface area contributed by atoms with E-state index >= 15 is 0 Å². The minimum absolute atomic E-state index is 0.169. The summed E-state index contributed by atoms with van der Waals surface area (Å²) in [6.45, 7) is 3.03. The van der Waals surface area contributed by atoms with Gasteiger partial charge in [-0.1, -0.05) is 6.07 Å². The summed E-state index contributed by atoms with van der Waals surface area (Å²) in [6, 6.07) is 9.74. The van der Waals surface area contributed by atoms with Crippen molar-refractivity contribution in [2.75, 3.05) is 20.8 Å². The molecule has 0 saturated heterocycles. The Morgan fingerprint density at radius 2 is 1.96 bits per heavy atom. The third-order valence-electron chi connectivity index (χ3n) is 4.93. The zero-order valence-electron chi connectivity index (χ0n) is 15.9. The first kappa shape index (κ1) is 19.0. The number of methoxy groups -OCH3 is 2. The molecule has 3 rings (SSSR count). The van der Waals surface area contributed by atoms with Crippen LogP contribution in [0, 0.1) is 5.82 Å². The average molecular weight is 372 g/mol. The van der Waals surface area contributed by atoms with Crippen LogP contribution in [0.5, 0.6) is 11.5 Å². The van der Waals surface area contributed by atoms with Gasteiger partial charge in [0.1, 0.15) is 17.3 Å². The van der Waals surface area contributed by atoms with Gasteiger partial charge in [0.15, 0.2) is 0 Å². The lowest BCUT2D eigenvalue weighted by Crippen LogP contribution is -2.40. The van der Waals surface area contributed by atoms with Crippen LogP contribution in [0.1, 0.15) is 36.1 Å². The van der Waals surface area contributed by atoms with Crippen molar-refractivity contribution in [3.8, 4) is 11.5 Å². The highest BCUT2D eigenvalue weighted by Crippen LogP contribution is 2.27. The summed E-state index contributed by atoms with van der Waals surface area (Å²) >= 11 is 0. The van der Waals surface area contributed by atoms with Crippen molar-refractivity contribution < 1.29 is 18.7 Å². The van der Waals surface area contributed by atoms with Crippen molar-refractivity contribution in [2.24, 2.45) is 0 Å². The number of benzene rings is 2. The number of urea groups is 1. The minimum Gasteiger partial charge on any atom is -0.497 e.